The van der Waals surface area contributed by atoms with Gasteiger partial charge in [-0.1, -0.05) is 12.1 Å². The third-order valence-electron chi connectivity index (χ3n) is 6.81. The first-order chi connectivity index (χ1) is 18.1. The van der Waals surface area contributed by atoms with Crippen LogP contribution in [0.15, 0.2) is 79.3 Å². The van der Waals surface area contributed by atoms with E-state index in [1.807, 2.05) is 71.3 Å². The molecule has 5 aromatic rings. The molecular formula is C28H28N8O. The van der Waals surface area contributed by atoms with Crippen LogP contribution in [0.5, 0.6) is 0 Å². The molecule has 9 heteroatoms. The molecule has 4 heterocycles. The largest absolute Gasteiger partial charge is 0.382 e. The van der Waals surface area contributed by atoms with Crippen LogP contribution in [0.4, 0.5) is 11.5 Å². The van der Waals surface area contributed by atoms with E-state index < -0.39 is 0 Å². The van der Waals surface area contributed by atoms with Crippen molar-refractivity contribution in [3.05, 3.63) is 84.8 Å². The van der Waals surface area contributed by atoms with Gasteiger partial charge < -0.3 is 15.5 Å². The van der Waals surface area contributed by atoms with Crippen molar-refractivity contribution in [2.75, 3.05) is 30.8 Å². The highest BCUT2D eigenvalue weighted by Gasteiger charge is 2.17. The van der Waals surface area contributed by atoms with Crippen LogP contribution in [0.2, 0.25) is 0 Å². The monoisotopic (exact) mass is 492 g/mol. The van der Waals surface area contributed by atoms with Crippen molar-refractivity contribution in [1.82, 2.24) is 29.6 Å². The zero-order chi connectivity index (χ0) is 25.2. The molecule has 186 valence electrons. The van der Waals surface area contributed by atoms with Gasteiger partial charge in [-0.25, -0.2) is 9.97 Å². The molecule has 1 amide bonds. The summed E-state index contributed by atoms with van der Waals surface area (Å²) < 4.78 is 1.95. The van der Waals surface area contributed by atoms with Crippen molar-refractivity contribution in [1.29, 1.82) is 0 Å². The van der Waals surface area contributed by atoms with Gasteiger partial charge in [-0.3, -0.25) is 14.5 Å². The lowest BCUT2D eigenvalue weighted by atomic mass is 10.0. The predicted octanol–water partition coefficient (Wildman–Crippen LogP) is 4.57. The number of nitrogens with zero attached hydrogens (tertiary/aromatic N) is 5. The van der Waals surface area contributed by atoms with Gasteiger partial charge in [0, 0.05) is 35.1 Å². The maximum absolute atomic E-state index is 12.8. The molecule has 0 saturated carbocycles. The van der Waals surface area contributed by atoms with Gasteiger partial charge in [0.15, 0.2) is 5.82 Å². The molecule has 6 rings (SSSR count). The average molecular weight is 493 g/mol. The Kier molecular flexibility index (Phi) is 6.11. The second-order valence-electron chi connectivity index (χ2n) is 9.43. The first-order valence-corrected chi connectivity index (χ1v) is 12.4. The van der Waals surface area contributed by atoms with Gasteiger partial charge in [-0.05, 0) is 81.5 Å². The number of imidazole rings is 1. The van der Waals surface area contributed by atoms with Crippen molar-refractivity contribution in [3.63, 3.8) is 0 Å². The van der Waals surface area contributed by atoms with Gasteiger partial charge in [0.2, 0.25) is 0 Å². The third-order valence-corrected chi connectivity index (χ3v) is 6.81. The second kappa shape index (κ2) is 9.87. The normalized spacial score (nSPS) is 14.6. The number of benzene rings is 2. The highest BCUT2D eigenvalue weighted by atomic mass is 16.1. The van der Waals surface area contributed by atoms with Crippen LogP contribution >= 0.6 is 0 Å². The van der Waals surface area contributed by atoms with Crippen molar-refractivity contribution in [2.24, 2.45) is 0 Å². The number of rotatable bonds is 6. The summed E-state index contributed by atoms with van der Waals surface area (Å²) in [5.41, 5.74) is 5.15. The maximum atomic E-state index is 12.8. The smallest absolute Gasteiger partial charge is 0.256 e. The van der Waals surface area contributed by atoms with Crippen LogP contribution in [0.3, 0.4) is 0 Å². The average Bonchev–Trinajstić information content (AvgIpc) is 3.58. The van der Waals surface area contributed by atoms with Crippen molar-refractivity contribution in [2.45, 2.75) is 18.9 Å². The van der Waals surface area contributed by atoms with Gasteiger partial charge in [0.25, 0.3) is 5.91 Å². The van der Waals surface area contributed by atoms with Crippen LogP contribution in [0.25, 0.3) is 28.1 Å². The number of anilines is 2. The minimum atomic E-state index is -0.201. The summed E-state index contributed by atoms with van der Waals surface area (Å²) >= 11 is 0. The molecule has 0 bridgehead atoms. The zero-order valence-corrected chi connectivity index (χ0v) is 20.6. The van der Waals surface area contributed by atoms with E-state index in [2.05, 4.69) is 42.7 Å². The predicted molar refractivity (Wildman–Crippen MR) is 145 cm³/mol. The number of H-pyrrole nitrogens is 1. The molecule has 3 aromatic heterocycles. The number of likely N-dealkylation sites (tertiary alicyclic amines) is 1. The summed E-state index contributed by atoms with van der Waals surface area (Å²) in [4.78, 5) is 24.1. The molecule has 0 spiro atoms. The van der Waals surface area contributed by atoms with Gasteiger partial charge in [0.05, 0.1) is 16.7 Å². The number of hydrogen-bond donors (Lipinski definition) is 3. The van der Waals surface area contributed by atoms with Crippen LogP contribution in [0, 0.1) is 0 Å². The highest BCUT2D eigenvalue weighted by molar-refractivity contribution is 6.04. The Morgan fingerprint density at radius 3 is 2.62 bits per heavy atom. The summed E-state index contributed by atoms with van der Waals surface area (Å²) in [6.07, 6.45) is 5.77. The number of fused-ring (bicyclic) bond motifs is 1. The van der Waals surface area contributed by atoms with Crippen molar-refractivity contribution < 1.29 is 4.79 Å². The summed E-state index contributed by atoms with van der Waals surface area (Å²) in [6, 6.07) is 21.7. The first-order valence-electron chi connectivity index (χ1n) is 12.4. The topological polar surface area (TPSA) is 104 Å². The maximum Gasteiger partial charge on any atom is 0.256 e. The standard InChI is InChI=1S/C28H28N8O/c1-35-14-11-22(12-15-35)31-21-8-5-19(6-9-21)28(37)32-26-17-24(33-34-26)20-7-10-23-25(16-20)36(18-30-23)27-4-2-3-13-29-27/h2-10,13,16-18,22,31H,11-12,14-15H2,1H3,(H2,32,33,34,37). The molecule has 1 fully saturated rings. The molecule has 0 atom stereocenters. The van der Waals surface area contributed by atoms with E-state index in [0.717, 1.165) is 59.7 Å². The molecule has 0 aliphatic carbocycles. The fourth-order valence-corrected chi connectivity index (χ4v) is 4.68. The van der Waals surface area contributed by atoms with Crippen LogP contribution in [-0.4, -0.2) is 61.7 Å². The van der Waals surface area contributed by atoms with E-state index in [9.17, 15) is 4.79 Å². The molecule has 1 aliphatic rings. The summed E-state index contributed by atoms with van der Waals surface area (Å²) in [5, 5.41) is 13.8. The molecule has 37 heavy (non-hydrogen) atoms. The van der Waals surface area contributed by atoms with E-state index in [1.54, 1.807) is 12.5 Å². The van der Waals surface area contributed by atoms with E-state index >= 15 is 0 Å². The first kappa shape index (κ1) is 22.9. The van der Waals surface area contributed by atoms with Crippen LogP contribution in [-0.2, 0) is 0 Å². The van der Waals surface area contributed by atoms with Gasteiger partial charge in [-0.15, -0.1) is 0 Å². The van der Waals surface area contributed by atoms with E-state index in [4.69, 9.17) is 0 Å². The third kappa shape index (κ3) is 4.94. The quantitative estimate of drug-likeness (QED) is 0.321. The molecule has 9 nitrogen and oxygen atoms in total. The number of pyridine rings is 1. The van der Waals surface area contributed by atoms with Crippen molar-refractivity contribution in [3.8, 4) is 17.1 Å². The Labute approximate surface area is 214 Å². The lowest BCUT2D eigenvalue weighted by molar-refractivity contribution is 0.102. The Morgan fingerprint density at radius 2 is 1.84 bits per heavy atom. The number of aromatic amines is 1. The number of carbonyl (C=O) groups is 1. The lowest BCUT2D eigenvalue weighted by Crippen LogP contribution is -2.36. The number of nitrogens with one attached hydrogen (secondary N) is 3. The molecule has 2 aromatic carbocycles. The van der Waals surface area contributed by atoms with Gasteiger partial charge >= 0.3 is 0 Å². The van der Waals surface area contributed by atoms with E-state index in [0.29, 0.717) is 17.4 Å². The Balaban J connectivity index is 1.14. The minimum Gasteiger partial charge on any atom is -0.382 e. The second-order valence-corrected chi connectivity index (χ2v) is 9.43. The molecule has 0 radical (unpaired) electrons. The minimum absolute atomic E-state index is 0.201. The number of aromatic nitrogens is 5. The number of amides is 1. The molecule has 0 unspecified atom stereocenters. The van der Waals surface area contributed by atoms with Crippen molar-refractivity contribution >= 4 is 28.4 Å². The van der Waals surface area contributed by atoms with E-state index in [1.165, 1.54) is 0 Å². The van der Waals surface area contributed by atoms with Crippen LogP contribution < -0.4 is 10.6 Å². The number of carbonyl (C=O) groups excluding carboxylic acids is 1. The summed E-state index contributed by atoms with van der Waals surface area (Å²) in [7, 11) is 2.16. The SMILES string of the molecule is CN1CCC(Nc2ccc(C(=O)Nc3cc(-c4ccc5ncn(-c6ccccn6)c5c4)[nH]n3)cc2)CC1. The van der Waals surface area contributed by atoms with Gasteiger partial charge in [-0.2, -0.15) is 5.10 Å². The molecule has 3 N–H and O–H groups in total. The Hall–Kier alpha value is -4.50. The zero-order valence-electron chi connectivity index (χ0n) is 20.6. The lowest BCUT2D eigenvalue weighted by Gasteiger charge is -2.30. The Morgan fingerprint density at radius 1 is 1.00 bits per heavy atom. The van der Waals surface area contributed by atoms with Gasteiger partial charge in [0.1, 0.15) is 12.1 Å². The number of hydrogen-bond acceptors (Lipinski definition) is 6. The highest BCUT2D eigenvalue weighted by Crippen LogP contribution is 2.26. The Bertz CT molecular complexity index is 1520. The molecular weight excluding hydrogens is 464 g/mol. The van der Waals surface area contributed by atoms with E-state index in [-0.39, 0.29) is 5.91 Å². The fraction of sp³-hybridized carbons (Fsp3) is 0.214. The number of piperidine rings is 1. The van der Waals surface area contributed by atoms with Crippen LogP contribution in [0.1, 0.15) is 23.2 Å². The molecule has 1 aliphatic heterocycles. The fourth-order valence-electron chi connectivity index (χ4n) is 4.68. The summed E-state index contributed by atoms with van der Waals surface area (Å²) in [6.45, 7) is 2.21. The molecule has 1 saturated heterocycles. The summed E-state index contributed by atoms with van der Waals surface area (Å²) in [5.74, 6) is 1.06.